The van der Waals surface area contributed by atoms with E-state index in [2.05, 4.69) is 5.32 Å². The van der Waals surface area contributed by atoms with E-state index in [1.165, 1.54) is 0 Å². The maximum Gasteiger partial charge on any atom is 0.262 e. The van der Waals surface area contributed by atoms with Gasteiger partial charge in [-0.3, -0.25) is 14.4 Å². The fourth-order valence-corrected chi connectivity index (χ4v) is 4.80. The molecule has 0 bridgehead atoms. The Morgan fingerprint density at radius 2 is 1.93 bits per heavy atom. The van der Waals surface area contributed by atoms with E-state index in [9.17, 15) is 14.4 Å². The van der Waals surface area contributed by atoms with Crippen LogP contribution in [0.4, 0.5) is 5.69 Å². The van der Waals surface area contributed by atoms with Gasteiger partial charge in [0.05, 0.1) is 11.3 Å². The third kappa shape index (κ3) is 4.09. The highest BCUT2D eigenvalue weighted by molar-refractivity contribution is 6.06. The number of piperidine rings is 1. The molecule has 2 atom stereocenters. The molecule has 2 unspecified atom stereocenters. The van der Waals surface area contributed by atoms with Gasteiger partial charge in [0.2, 0.25) is 5.91 Å². The number of carbonyl (C=O) groups excluding carboxylic acids is 3. The molecule has 0 aromatic heterocycles. The van der Waals surface area contributed by atoms with Gasteiger partial charge in [0.25, 0.3) is 11.8 Å². The lowest BCUT2D eigenvalue weighted by Gasteiger charge is -2.36. The Hall–Kier alpha value is -2.57. The first-order chi connectivity index (χ1) is 14.1. The van der Waals surface area contributed by atoms with Crippen molar-refractivity contribution in [3.63, 3.8) is 0 Å². The van der Waals surface area contributed by atoms with Crippen LogP contribution in [0.1, 0.15) is 49.4 Å². The van der Waals surface area contributed by atoms with E-state index in [0.717, 1.165) is 45.3 Å². The smallest absolute Gasteiger partial charge is 0.262 e. The summed E-state index contributed by atoms with van der Waals surface area (Å²) in [4.78, 5) is 41.1. The number of anilines is 1. The van der Waals surface area contributed by atoms with E-state index in [1.54, 1.807) is 18.2 Å². The van der Waals surface area contributed by atoms with Gasteiger partial charge in [-0.2, -0.15) is 0 Å². The molecule has 4 rings (SSSR count). The van der Waals surface area contributed by atoms with Gasteiger partial charge < -0.3 is 19.9 Å². The first-order valence-corrected chi connectivity index (χ1v) is 10.7. The molecule has 0 radical (unpaired) electrons. The summed E-state index contributed by atoms with van der Waals surface area (Å²) in [6.45, 7) is 5.09. The molecular weight excluding hydrogens is 370 g/mol. The predicted octanol–water partition coefficient (Wildman–Crippen LogP) is 2.52. The average molecular weight is 399 g/mol. The Bertz CT molecular complexity index is 809. The molecular formula is C22H29N3O4. The summed E-state index contributed by atoms with van der Waals surface area (Å²) in [5.74, 6) is 1.37. The van der Waals surface area contributed by atoms with Gasteiger partial charge in [-0.15, -0.1) is 0 Å². The van der Waals surface area contributed by atoms with Crippen molar-refractivity contribution in [1.82, 2.24) is 9.80 Å². The van der Waals surface area contributed by atoms with Crippen LogP contribution in [0.25, 0.3) is 0 Å². The normalized spacial score (nSPS) is 24.0. The highest BCUT2D eigenvalue weighted by Crippen LogP contribution is 2.35. The van der Waals surface area contributed by atoms with E-state index in [4.69, 9.17) is 4.74 Å². The third-order valence-electron chi connectivity index (χ3n) is 6.33. The van der Waals surface area contributed by atoms with Crippen LogP contribution in [0.5, 0.6) is 5.75 Å². The van der Waals surface area contributed by atoms with Crippen LogP contribution >= 0.6 is 0 Å². The van der Waals surface area contributed by atoms with Gasteiger partial charge in [0.1, 0.15) is 5.75 Å². The van der Waals surface area contributed by atoms with Crippen LogP contribution in [0, 0.1) is 11.8 Å². The van der Waals surface area contributed by atoms with E-state index >= 15 is 0 Å². The lowest BCUT2D eigenvalue weighted by molar-refractivity contribution is -0.130. The van der Waals surface area contributed by atoms with Crippen molar-refractivity contribution >= 4 is 23.4 Å². The van der Waals surface area contributed by atoms with Gasteiger partial charge in [-0.1, -0.05) is 13.0 Å². The minimum Gasteiger partial charge on any atom is -0.482 e. The summed E-state index contributed by atoms with van der Waals surface area (Å²) in [7, 11) is 0. The summed E-state index contributed by atoms with van der Waals surface area (Å²) in [6.07, 6.45) is 4.58. The second-order valence-electron chi connectivity index (χ2n) is 8.31. The first-order valence-electron chi connectivity index (χ1n) is 10.7. The van der Waals surface area contributed by atoms with Gasteiger partial charge >= 0.3 is 0 Å². The Kier molecular flexibility index (Phi) is 5.74. The van der Waals surface area contributed by atoms with Gasteiger partial charge in [0.15, 0.2) is 6.61 Å². The van der Waals surface area contributed by atoms with Crippen LogP contribution in [0.15, 0.2) is 18.2 Å². The van der Waals surface area contributed by atoms with Crippen LogP contribution < -0.4 is 10.1 Å². The second-order valence-corrected chi connectivity index (χ2v) is 8.31. The lowest BCUT2D eigenvalue weighted by Crippen LogP contribution is -2.43. The monoisotopic (exact) mass is 399 g/mol. The van der Waals surface area contributed by atoms with E-state index < -0.39 is 0 Å². The highest BCUT2D eigenvalue weighted by Gasteiger charge is 2.36. The Morgan fingerprint density at radius 3 is 2.76 bits per heavy atom. The summed E-state index contributed by atoms with van der Waals surface area (Å²) in [6, 6.07) is 5.31. The summed E-state index contributed by atoms with van der Waals surface area (Å²) >= 11 is 0. The van der Waals surface area contributed by atoms with Crippen molar-refractivity contribution < 1.29 is 19.1 Å². The molecule has 0 spiro atoms. The maximum atomic E-state index is 13.3. The molecule has 2 saturated heterocycles. The van der Waals surface area contributed by atoms with Crippen LogP contribution in [0.2, 0.25) is 0 Å². The number of nitrogens with one attached hydrogen (secondary N) is 1. The van der Waals surface area contributed by atoms with Crippen LogP contribution in [-0.2, 0) is 9.59 Å². The molecule has 1 aromatic rings. The first kappa shape index (κ1) is 19.7. The average Bonchev–Trinajstić information content (AvgIpc) is 3.23. The zero-order chi connectivity index (χ0) is 20.4. The number of likely N-dealkylation sites (tertiary alicyclic amines) is 2. The molecule has 29 heavy (non-hydrogen) atoms. The summed E-state index contributed by atoms with van der Waals surface area (Å²) in [5, 5.41) is 2.79. The standard InChI is InChI=1S/C22H29N3O4/c1-2-5-20(27)24-11-9-16(12-24)15-6-4-10-25(13-15)22(28)17-7-3-8-18-21(17)23-19(26)14-29-18/h3,7-8,15-16H,2,4-6,9-14H2,1H3,(H,23,26). The number of rotatable bonds is 4. The predicted molar refractivity (Wildman–Crippen MR) is 109 cm³/mol. The van der Waals surface area contributed by atoms with E-state index in [1.807, 2.05) is 16.7 Å². The second kappa shape index (κ2) is 8.43. The molecule has 0 aliphatic carbocycles. The highest BCUT2D eigenvalue weighted by atomic mass is 16.5. The van der Waals surface area contributed by atoms with Crippen molar-refractivity contribution in [2.75, 3.05) is 38.1 Å². The van der Waals surface area contributed by atoms with Gasteiger partial charge in [0, 0.05) is 32.6 Å². The number of ether oxygens (including phenoxy) is 1. The molecule has 3 aliphatic rings. The molecule has 3 amide bonds. The van der Waals surface area contributed by atoms with Crippen LogP contribution in [0.3, 0.4) is 0 Å². The van der Waals surface area contributed by atoms with Crippen molar-refractivity contribution in [2.24, 2.45) is 11.8 Å². The Labute approximate surface area is 171 Å². The summed E-state index contributed by atoms with van der Waals surface area (Å²) < 4.78 is 5.45. The SMILES string of the molecule is CCCC(=O)N1CCC(C2CCCN(C(=O)c3cccc4c3NC(=O)CO4)C2)C1. The fraction of sp³-hybridized carbons (Fsp3) is 0.591. The molecule has 7 nitrogen and oxygen atoms in total. The number of fused-ring (bicyclic) bond motifs is 1. The van der Waals surface area contributed by atoms with Gasteiger partial charge in [-0.25, -0.2) is 0 Å². The van der Waals surface area contributed by atoms with Crippen molar-refractivity contribution in [2.45, 2.75) is 39.0 Å². The topological polar surface area (TPSA) is 79.0 Å². The van der Waals surface area contributed by atoms with E-state index in [0.29, 0.717) is 41.8 Å². The zero-order valence-corrected chi connectivity index (χ0v) is 17.0. The maximum absolute atomic E-state index is 13.3. The lowest BCUT2D eigenvalue weighted by atomic mass is 9.84. The number of carbonyl (C=O) groups is 3. The molecule has 1 N–H and O–H groups in total. The molecule has 1 aromatic carbocycles. The number of hydrogen-bond donors (Lipinski definition) is 1. The van der Waals surface area contributed by atoms with Crippen molar-refractivity contribution in [1.29, 1.82) is 0 Å². The summed E-state index contributed by atoms with van der Waals surface area (Å²) in [5.41, 5.74) is 0.968. The van der Waals surface area contributed by atoms with Crippen LogP contribution in [-0.4, -0.2) is 60.3 Å². The third-order valence-corrected chi connectivity index (χ3v) is 6.33. The van der Waals surface area contributed by atoms with E-state index in [-0.39, 0.29) is 24.3 Å². The number of amides is 3. The van der Waals surface area contributed by atoms with Gasteiger partial charge in [-0.05, 0) is 49.7 Å². The van der Waals surface area contributed by atoms with Crippen molar-refractivity contribution in [3.05, 3.63) is 23.8 Å². The number of nitrogens with zero attached hydrogens (tertiary/aromatic N) is 2. The molecule has 156 valence electrons. The minimum absolute atomic E-state index is 0.0225. The number of hydrogen-bond acceptors (Lipinski definition) is 4. The zero-order valence-electron chi connectivity index (χ0n) is 17.0. The molecule has 0 saturated carbocycles. The fourth-order valence-electron chi connectivity index (χ4n) is 4.80. The minimum atomic E-state index is -0.239. The van der Waals surface area contributed by atoms with Crippen molar-refractivity contribution in [3.8, 4) is 5.75 Å². The number of benzene rings is 1. The quantitative estimate of drug-likeness (QED) is 0.844. The molecule has 3 aliphatic heterocycles. The molecule has 2 fully saturated rings. The molecule has 7 heteroatoms. The molecule has 3 heterocycles. The Morgan fingerprint density at radius 1 is 1.14 bits per heavy atom. The largest absolute Gasteiger partial charge is 0.482 e. The Balaban J connectivity index is 1.44. The number of para-hydroxylation sites is 1.